The zero-order chi connectivity index (χ0) is 95.1. The van der Waals surface area contributed by atoms with Crippen LogP contribution in [0.25, 0.3) is 0 Å². The van der Waals surface area contributed by atoms with Crippen molar-refractivity contribution in [2.45, 2.75) is 0 Å². The molecule has 0 unspecified atom stereocenters. The SMILES string of the molecule is [B]B([B])B([B])B(B([B])[B])B(B(B(B([B])[B])B([B])[B])B(B([B])[B])B([B])[B])B(B(B(B(B([B])[B])B([B])[B])B(B([B])[B])B([B])[B])B(B(B([B])[B])B([B])[B])B(B([B])[B])B([B])[B])B(B(B(B(B([B])[B])B([B])[B])B(B([B])[B])B([B])[B])B(B(B([B])[B])B([B])[B])B(B([B])[B])B([B])[B])B(B(B(B([B])[B])B([B])[B])B(B([B])[B])B([B])[B])B(B(B([B])[B])B([B])[B])B(B([B])[B])B([B])[B]. The van der Waals surface area contributed by atoms with Crippen LogP contribution < -0.4 is 0 Å². The van der Waals surface area contributed by atoms with Gasteiger partial charge in [0.25, 0.3) is 0 Å². The molecule has 0 rings (SSSR count). The van der Waals surface area contributed by atoms with Crippen LogP contribution in [0, 0.1) is 0 Å². The first-order valence-corrected chi connectivity index (χ1v) is 39.7. The van der Waals surface area contributed by atoms with Crippen molar-refractivity contribution in [3.63, 3.8) is 0 Å². The van der Waals surface area contributed by atoms with Gasteiger partial charge in [0.15, 0.2) is 0 Å². The first-order valence-electron chi connectivity index (χ1n) is 39.7. The van der Waals surface area contributed by atoms with Gasteiger partial charge in [0.05, 0.1) is 0 Å². The Bertz CT molecular complexity index is 2110. The second kappa shape index (κ2) is 58.8. The van der Waals surface area contributed by atoms with Crippen LogP contribution >= 0.6 is 0 Å². The Labute approximate surface area is 839 Å². The second-order valence-corrected chi connectivity index (χ2v) is 34.1. The maximum absolute atomic E-state index is 7.82. The fourth-order valence-corrected chi connectivity index (χ4v) is 21.8. The predicted molar refractivity (Wildman–Crippen MR) is 690 cm³/mol. The first-order chi connectivity index (χ1) is 54.6. The average Bonchev–Trinajstić information content (AvgIpc) is 0.701. The normalized spacial score (nSPS) is 9.87. The summed E-state index contributed by atoms with van der Waals surface area (Å²) in [5, 5.41) is 0. The third kappa shape index (κ3) is 34.1. The molecule has 120 heteroatoms. The molecule has 0 aromatic heterocycles. The van der Waals surface area contributed by atoms with E-state index in [1.165, 1.54) is 0 Å². The highest BCUT2D eigenvalue weighted by Crippen LogP contribution is 2.33. The third-order valence-corrected chi connectivity index (χ3v) is 25.8. The molecule has 0 aromatic carbocycles. The lowest BCUT2D eigenvalue weighted by atomic mass is 8.17. The zero-order valence-electron chi connectivity index (χ0n) is 69.3. The van der Waals surface area contributed by atoms with Crippen molar-refractivity contribution in [2.24, 2.45) is 0 Å². The molecule has 0 nitrogen and oxygen atoms in total. The van der Waals surface area contributed by atoms with E-state index in [4.69, 9.17) is 472 Å². The van der Waals surface area contributed by atoms with Gasteiger partial charge in [0.1, 0.15) is 0 Å². The van der Waals surface area contributed by atoms with E-state index in [-0.39, 0.29) is 0 Å². The highest BCUT2D eigenvalue weighted by Gasteiger charge is 2.71. The van der Waals surface area contributed by atoms with Gasteiger partial charge in [-0.25, -0.2) is 0 Å². The minimum Gasteiger partial charge on any atom is 0 e. The summed E-state index contributed by atoms with van der Waals surface area (Å²) in [6.07, 6.45) is -125. The highest BCUT2D eigenvalue weighted by atomic mass is 13.5. The molecular formula is B120. The Balaban J connectivity index is 16.6. The van der Waals surface area contributed by atoms with Gasteiger partial charge >= 0.3 is 0 Å². The van der Waals surface area contributed by atoms with Crippen molar-refractivity contribution in [2.75, 3.05) is 0 Å². The van der Waals surface area contributed by atoms with Crippen molar-refractivity contribution < 1.29 is 0 Å². The van der Waals surface area contributed by atoms with E-state index in [2.05, 4.69) is 0 Å². The van der Waals surface area contributed by atoms with Crippen molar-refractivity contribution in [1.82, 2.24) is 0 Å². The molecule has 0 saturated carbocycles. The standard InChI is InChI=1S/B120/c1-62(2)92(61)107(91(59)60)115(108(93(63(3)4)64(5)6)94(65(7)8)66(9)10)119(116(109(95(67(11)12)68(13)14)96(69(15)16)70(17)18)110(97(71(19)20)72(21)22)98(73(23)24)74(25)26)120(117(111(99(75(27)28)76(29)30)100(77(31)32)78(33)34)112(101(79(35)36)80(37)38)102(81(39)40)82(41)42)118(113(103(83(43)44)84(45)46)104(85(47)48)86(49)50)114(105(87(51)52)88(53)54)106(89(55)56)90(57)58. The van der Waals surface area contributed by atoms with Crippen LogP contribution in [-0.2, 0) is 0 Å². The fraction of sp³-hybridized carbons (Fsp3) is 0. The Morgan fingerprint density at radius 1 is 0.0500 bits per heavy atom. The molecule has 0 aromatic rings. The van der Waals surface area contributed by atoms with E-state index >= 15 is 0 Å². The fourth-order valence-electron chi connectivity index (χ4n) is 21.8. The largest absolute Gasteiger partial charge is 0 e. The van der Waals surface area contributed by atoms with E-state index in [1.54, 1.807) is 0 Å². The van der Waals surface area contributed by atoms with Gasteiger partial charge < -0.3 is 0 Å². The van der Waals surface area contributed by atoms with E-state index in [1.807, 2.05) is 0 Å². The summed E-state index contributed by atoms with van der Waals surface area (Å²) in [6, 6.07) is 0. The molecule has 0 N–H and O–H groups in total. The van der Waals surface area contributed by atoms with Gasteiger partial charge in [-0.05, 0) is 0 Å². The van der Waals surface area contributed by atoms with Gasteiger partial charge in [0, 0.05) is 849 Å². The summed E-state index contributed by atoms with van der Waals surface area (Å²) in [6.45, 7) is 0. The Morgan fingerprint density at radius 3 is 0.150 bits per heavy atom. The van der Waals surface area contributed by atoms with Gasteiger partial charge in [-0.3, -0.25) is 0 Å². The maximum Gasteiger partial charge on any atom is 0 e. The Morgan fingerprint density at radius 2 is 0.100 bits per heavy atom. The molecule has 360 valence electrons. The lowest BCUT2D eigenvalue weighted by Crippen LogP contribution is -3.02. The maximum atomic E-state index is 7.82. The number of hydrogen-bond acceptors (Lipinski definition) is 0. The summed E-state index contributed by atoms with van der Waals surface area (Å²) >= 11 is 0. The van der Waals surface area contributed by atoms with Crippen molar-refractivity contribution in [3.05, 3.63) is 0 Å². The molecule has 0 fully saturated rings. The zero-order valence-corrected chi connectivity index (χ0v) is 69.3. The minimum atomic E-state index is -2.67. The second-order valence-electron chi connectivity index (χ2n) is 34.1. The van der Waals surface area contributed by atoms with Crippen LogP contribution in [0.5, 0.6) is 0 Å². The lowest BCUT2D eigenvalue weighted by molar-refractivity contribution is 3.11. The van der Waals surface area contributed by atoms with Gasteiger partial charge in [-0.1, -0.05) is 0 Å². The molecule has 122 radical (unpaired) electrons. The summed E-state index contributed by atoms with van der Waals surface area (Å²) in [4.78, 5) is 0. The summed E-state index contributed by atoms with van der Waals surface area (Å²) in [5.41, 5.74) is 0. The monoisotopic (exact) mass is 1320 g/mol. The molecule has 0 bridgehead atoms. The minimum absolute atomic E-state index is 1.97. The van der Waals surface area contributed by atoms with E-state index in [0.717, 1.165) is 0 Å². The van der Waals surface area contributed by atoms with Crippen LogP contribution in [0.15, 0.2) is 0 Å². The molecule has 0 aliphatic heterocycles. The van der Waals surface area contributed by atoms with Gasteiger partial charge in [0.2, 0.25) is 0 Å². The van der Waals surface area contributed by atoms with E-state index < -0.39 is 377 Å². The molecule has 0 aliphatic rings. The average molecular weight is 1300 g/mol. The summed E-state index contributed by atoms with van der Waals surface area (Å²) < 4.78 is 0. The first kappa shape index (κ1) is 128. The van der Waals surface area contributed by atoms with Crippen LogP contribution in [0.1, 0.15) is 0 Å². The van der Waals surface area contributed by atoms with Crippen LogP contribution in [0.3, 0.4) is 0 Å². The van der Waals surface area contributed by atoms with Crippen molar-refractivity contribution in [1.29, 1.82) is 0 Å². The number of hydrogen-bond donors (Lipinski definition) is 0. The Hall–Kier alpha value is 7.79. The summed E-state index contributed by atoms with van der Waals surface area (Å²) in [7, 11) is 447. The quantitative estimate of drug-likeness (QED) is 0.0533. The molecule has 120 heavy (non-hydrogen) atoms. The topological polar surface area (TPSA) is 0 Å². The predicted octanol–water partition coefficient (Wildman–Crippen LogP) is -45.7. The molecule has 0 spiro atoms. The van der Waals surface area contributed by atoms with Gasteiger partial charge in [-0.2, -0.15) is 0 Å². The smallest absolute Gasteiger partial charge is 0 e. The third-order valence-electron chi connectivity index (χ3n) is 25.8. The van der Waals surface area contributed by atoms with E-state index in [0.29, 0.717) is 0 Å². The van der Waals surface area contributed by atoms with Crippen molar-refractivity contribution >= 4 is 849 Å². The van der Waals surface area contributed by atoms with Gasteiger partial charge in [-0.15, -0.1) is 0 Å². The highest BCUT2D eigenvalue weighted by molar-refractivity contribution is 8.46. The Kier molecular flexibility index (Phi) is 62.6. The molecule has 0 heterocycles. The van der Waals surface area contributed by atoms with Crippen molar-refractivity contribution in [3.8, 4) is 0 Å². The molecule has 0 amide bonds. The van der Waals surface area contributed by atoms with Crippen LogP contribution in [0.4, 0.5) is 0 Å². The molecule has 0 saturated heterocycles. The molecule has 0 aliphatic carbocycles. The van der Waals surface area contributed by atoms with E-state index in [9.17, 15) is 0 Å². The van der Waals surface area contributed by atoms with Crippen LogP contribution in [-0.4, -0.2) is 849 Å². The number of rotatable bonds is 58. The molecule has 0 atom stereocenters. The van der Waals surface area contributed by atoms with Crippen LogP contribution in [0.2, 0.25) is 0 Å². The summed E-state index contributed by atoms with van der Waals surface area (Å²) in [5.74, 6) is 0. The lowest BCUT2D eigenvalue weighted by Gasteiger charge is -2.64. The molecular weight excluding hydrogens is 1300 g/mol.